The number of nitrogens with zero attached hydrogens (tertiary/aromatic N) is 2. The largest absolute Gasteiger partial charge is 0.481 e. The van der Waals surface area contributed by atoms with Gasteiger partial charge in [0.1, 0.15) is 0 Å². The number of hydrogen-bond donors (Lipinski definition) is 1. The predicted molar refractivity (Wildman–Crippen MR) is 76.4 cm³/mol. The fourth-order valence-corrected chi connectivity index (χ4v) is 3.79. The molecule has 1 aromatic heterocycles. The zero-order chi connectivity index (χ0) is 13.8. The molecule has 1 N–H and O–H groups in total. The molecule has 19 heavy (non-hydrogen) atoms. The van der Waals surface area contributed by atoms with E-state index in [9.17, 15) is 4.79 Å². The van der Waals surface area contributed by atoms with Crippen molar-refractivity contribution in [2.24, 2.45) is 11.8 Å². The highest BCUT2D eigenvalue weighted by molar-refractivity contribution is 7.99. The molecular formula is C14H22N2O2S. The molecule has 1 aliphatic rings. The molecule has 2 atom stereocenters. The molecule has 0 aromatic carbocycles. The van der Waals surface area contributed by atoms with Gasteiger partial charge in [0.15, 0.2) is 5.16 Å². The minimum Gasteiger partial charge on any atom is -0.481 e. The Kier molecular flexibility index (Phi) is 4.91. The van der Waals surface area contributed by atoms with Crippen LogP contribution in [-0.4, -0.2) is 26.4 Å². The Bertz CT molecular complexity index is 431. The van der Waals surface area contributed by atoms with Crippen molar-refractivity contribution in [1.29, 1.82) is 0 Å². The van der Waals surface area contributed by atoms with Gasteiger partial charge in [-0.1, -0.05) is 38.5 Å². The fourth-order valence-electron chi connectivity index (χ4n) is 3.05. The van der Waals surface area contributed by atoms with E-state index in [4.69, 9.17) is 5.11 Å². The number of aliphatic carboxylic acids is 1. The van der Waals surface area contributed by atoms with Gasteiger partial charge in [0.05, 0.1) is 5.75 Å². The molecule has 0 amide bonds. The average molecular weight is 282 g/mol. The molecule has 1 fully saturated rings. The van der Waals surface area contributed by atoms with Crippen LogP contribution in [0.5, 0.6) is 0 Å². The maximum absolute atomic E-state index is 10.7. The summed E-state index contributed by atoms with van der Waals surface area (Å²) in [4.78, 5) is 15.0. The van der Waals surface area contributed by atoms with E-state index in [-0.39, 0.29) is 5.75 Å². The summed E-state index contributed by atoms with van der Waals surface area (Å²) in [5, 5.41) is 9.64. The van der Waals surface area contributed by atoms with Crippen LogP contribution >= 0.6 is 11.8 Å². The van der Waals surface area contributed by atoms with Gasteiger partial charge in [-0.3, -0.25) is 4.79 Å². The summed E-state index contributed by atoms with van der Waals surface area (Å²) in [6, 6.07) is 0.479. The molecular weight excluding hydrogens is 260 g/mol. The highest BCUT2D eigenvalue weighted by Crippen LogP contribution is 2.40. The lowest BCUT2D eigenvalue weighted by molar-refractivity contribution is -0.133. The smallest absolute Gasteiger partial charge is 0.313 e. The lowest BCUT2D eigenvalue weighted by atomic mass is 9.78. The first-order valence-electron chi connectivity index (χ1n) is 6.97. The predicted octanol–water partition coefficient (Wildman–Crippen LogP) is 3.45. The van der Waals surface area contributed by atoms with Crippen molar-refractivity contribution in [3.8, 4) is 0 Å². The van der Waals surface area contributed by atoms with Crippen LogP contribution in [0, 0.1) is 11.8 Å². The number of hydrogen-bond acceptors (Lipinski definition) is 3. The van der Waals surface area contributed by atoms with Crippen molar-refractivity contribution in [2.45, 2.75) is 50.7 Å². The SMILES string of the molecule is CC(C)C1CCCCC1n1ccnc1SCC(=O)O. The molecule has 0 radical (unpaired) electrons. The second-order valence-corrected chi connectivity index (χ2v) is 6.50. The lowest BCUT2D eigenvalue weighted by Crippen LogP contribution is -2.27. The van der Waals surface area contributed by atoms with Crippen molar-refractivity contribution in [2.75, 3.05) is 5.75 Å². The van der Waals surface area contributed by atoms with E-state index < -0.39 is 5.97 Å². The maximum atomic E-state index is 10.7. The molecule has 106 valence electrons. The van der Waals surface area contributed by atoms with Crippen LogP contribution in [-0.2, 0) is 4.79 Å². The summed E-state index contributed by atoms with van der Waals surface area (Å²) in [5.41, 5.74) is 0. The Morgan fingerprint density at radius 2 is 2.26 bits per heavy atom. The summed E-state index contributed by atoms with van der Waals surface area (Å²) >= 11 is 1.32. The van der Waals surface area contributed by atoms with Crippen molar-refractivity contribution < 1.29 is 9.90 Å². The van der Waals surface area contributed by atoms with E-state index in [0.29, 0.717) is 17.9 Å². The highest BCUT2D eigenvalue weighted by Gasteiger charge is 2.30. The van der Waals surface area contributed by atoms with Crippen LogP contribution < -0.4 is 0 Å². The minimum absolute atomic E-state index is 0.0794. The van der Waals surface area contributed by atoms with E-state index in [2.05, 4.69) is 23.4 Å². The van der Waals surface area contributed by atoms with E-state index in [0.717, 1.165) is 5.16 Å². The Labute approximate surface area is 118 Å². The molecule has 1 saturated carbocycles. The third kappa shape index (κ3) is 3.53. The average Bonchev–Trinajstić information content (AvgIpc) is 2.84. The number of thioether (sulfide) groups is 1. The van der Waals surface area contributed by atoms with Gasteiger partial charge in [0.2, 0.25) is 0 Å². The number of rotatable bonds is 5. The zero-order valence-corrected chi connectivity index (χ0v) is 12.4. The molecule has 0 spiro atoms. The van der Waals surface area contributed by atoms with Crippen molar-refractivity contribution in [1.82, 2.24) is 9.55 Å². The van der Waals surface area contributed by atoms with Crippen LogP contribution in [0.1, 0.15) is 45.6 Å². The highest BCUT2D eigenvalue weighted by atomic mass is 32.2. The van der Waals surface area contributed by atoms with Crippen molar-refractivity contribution >= 4 is 17.7 Å². The normalized spacial score (nSPS) is 23.7. The Balaban J connectivity index is 2.15. The first-order chi connectivity index (χ1) is 9.09. The summed E-state index contributed by atoms with van der Waals surface area (Å²) in [6.07, 6.45) is 8.82. The van der Waals surface area contributed by atoms with Crippen LogP contribution in [0.15, 0.2) is 17.6 Å². The van der Waals surface area contributed by atoms with E-state index in [1.807, 2.05) is 6.20 Å². The minimum atomic E-state index is -0.788. The third-order valence-electron chi connectivity index (χ3n) is 3.95. The second kappa shape index (κ2) is 6.46. The first kappa shape index (κ1) is 14.4. The molecule has 4 nitrogen and oxygen atoms in total. The quantitative estimate of drug-likeness (QED) is 0.840. The molecule has 2 rings (SSSR count). The van der Waals surface area contributed by atoms with Gasteiger partial charge in [-0.15, -0.1) is 0 Å². The van der Waals surface area contributed by atoms with Crippen LogP contribution in [0.25, 0.3) is 0 Å². The van der Waals surface area contributed by atoms with E-state index in [1.165, 1.54) is 37.4 Å². The molecule has 1 heterocycles. The molecule has 0 bridgehead atoms. The van der Waals surface area contributed by atoms with Gasteiger partial charge in [-0.05, 0) is 24.7 Å². The topological polar surface area (TPSA) is 55.1 Å². The second-order valence-electron chi connectivity index (χ2n) is 5.56. The lowest BCUT2D eigenvalue weighted by Gasteiger charge is -2.35. The number of carboxylic acid groups (broad SMARTS) is 1. The molecule has 1 aliphatic carbocycles. The molecule has 1 aromatic rings. The van der Waals surface area contributed by atoms with Crippen LogP contribution in [0.3, 0.4) is 0 Å². The number of carbonyl (C=O) groups is 1. The van der Waals surface area contributed by atoms with Crippen LogP contribution in [0.2, 0.25) is 0 Å². The van der Waals surface area contributed by atoms with Gasteiger partial charge in [-0.2, -0.15) is 0 Å². The molecule has 0 saturated heterocycles. The first-order valence-corrected chi connectivity index (χ1v) is 7.95. The van der Waals surface area contributed by atoms with E-state index in [1.54, 1.807) is 6.20 Å². The van der Waals surface area contributed by atoms with Gasteiger partial charge < -0.3 is 9.67 Å². The third-order valence-corrected chi connectivity index (χ3v) is 4.92. The summed E-state index contributed by atoms with van der Waals surface area (Å²) in [5.74, 6) is 0.622. The Morgan fingerprint density at radius 1 is 1.53 bits per heavy atom. The zero-order valence-electron chi connectivity index (χ0n) is 11.6. The molecule has 2 unspecified atom stereocenters. The fraction of sp³-hybridized carbons (Fsp3) is 0.714. The number of aromatic nitrogens is 2. The summed E-state index contributed by atoms with van der Waals surface area (Å²) in [6.45, 7) is 4.56. The van der Waals surface area contributed by atoms with Gasteiger partial charge in [-0.25, -0.2) is 4.98 Å². The number of carboxylic acids is 1. The van der Waals surface area contributed by atoms with E-state index >= 15 is 0 Å². The molecule has 0 aliphatic heterocycles. The van der Waals surface area contributed by atoms with Gasteiger partial charge in [0, 0.05) is 18.4 Å². The molecule has 5 heteroatoms. The van der Waals surface area contributed by atoms with Crippen LogP contribution in [0.4, 0.5) is 0 Å². The van der Waals surface area contributed by atoms with Gasteiger partial charge in [0.25, 0.3) is 0 Å². The van der Waals surface area contributed by atoms with Gasteiger partial charge >= 0.3 is 5.97 Å². The summed E-state index contributed by atoms with van der Waals surface area (Å²) < 4.78 is 2.21. The Morgan fingerprint density at radius 3 is 2.95 bits per heavy atom. The number of imidazole rings is 1. The standard InChI is InChI=1S/C14H22N2O2S/c1-10(2)11-5-3-4-6-12(11)16-8-7-15-14(16)19-9-13(17)18/h7-8,10-12H,3-6,9H2,1-2H3,(H,17,18). The summed E-state index contributed by atoms with van der Waals surface area (Å²) in [7, 11) is 0. The Hall–Kier alpha value is -0.970. The van der Waals surface area contributed by atoms with Crippen molar-refractivity contribution in [3.05, 3.63) is 12.4 Å². The van der Waals surface area contributed by atoms with Crippen molar-refractivity contribution in [3.63, 3.8) is 0 Å². The maximum Gasteiger partial charge on any atom is 0.313 e. The monoisotopic (exact) mass is 282 g/mol.